The summed E-state index contributed by atoms with van der Waals surface area (Å²) in [7, 11) is 0. The van der Waals surface area contributed by atoms with E-state index in [4.69, 9.17) is 11.6 Å². The lowest BCUT2D eigenvalue weighted by molar-refractivity contribution is 0.882. The van der Waals surface area contributed by atoms with Gasteiger partial charge in [0.05, 0.1) is 0 Å². The molecule has 0 saturated heterocycles. The molecule has 0 saturated carbocycles. The quantitative estimate of drug-likeness (QED) is 0.406. The van der Waals surface area contributed by atoms with Gasteiger partial charge in [0.15, 0.2) is 0 Å². The summed E-state index contributed by atoms with van der Waals surface area (Å²) in [6.07, 6.45) is 5.38. The van der Waals surface area contributed by atoms with Crippen LogP contribution in [0.25, 0.3) is 0 Å². The van der Waals surface area contributed by atoms with E-state index in [2.05, 4.69) is 13.2 Å². The second kappa shape index (κ2) is 4.92. The van der Waals surface area contributed by atoms with Crippen LogP contribution in [0, 0.1) is 0 Å². The summed E-state index contributed by atoms with van der Waals surface area (Å²) in [6, 6.07) is 0. The zero-order valence-electron chi connectivity index (χ0n) is 4.94. The van der Waals surface area contributed by atoms with Crippen LogP contribution >= 0.6 is 11.6 Å². The maximum absolute atomic E-state index is 5.74. The third-order valence-corrected chi connectivity index (χ3v) is 1.20. The zero-order chi connectivity index (χ0) is 6.41. The fourth-order valence-corrected chi connectivity index (χ4v) is 0.710. The van der Waals surface area contributed by atoms with E-state index in [1.54, 1.807) is 0 Å². The van der Waals surface area contributed by atoms with Crippen molar-refractivity contribution in [2.24, 2.45) is 0 Å². The van der Waals surface area contributed by atoms with E-state index >= 15 is 0 Å². The molecule has 0 nitrogen and oxygen atoms in total. The molecule has 0 aliphatic carbocycles. The van der Waals surface area contributed by atoms with Crippen LogP contribution in [0.2, 0.25) is 0 Å². The molecule has 1 heteroatoms. The highest BCUT2D eigenvalue weighted by Crippen LogP contribution is 2.06. The monoisotopic (exact) mass is 130 g/mol. The van der Waals surface area contributed by atoms with Crippen molar-refractivity contribution in [3.8, 4) is 0 Å². The molecule has 8 heavy (non-hydrogen) atoms. The molecule has 0 aliphatic rings. The minimum atomic E-state index is 0.199. The fourth-order valence-electron chi connectivity index (χ4n) is 0.458. The molecule has 0 aliphatic heterocycles. The minimum absolute atomic E-state index is 0.199. The Hall–Kier alpha value is -0.230. The van der Waals surface area contributed by atoms with E-state index in [0.29, 0.717) is 0 Å². The van der Waals surface area contributed by atoms with E-state index < -0.39 is 0 Å². The van der Waals surface area contributed by atoms with Crippen molar-refractivity contribution in [3.05, 3.63) is 25.3 Å². The molecule has 0 fully saturated rings. The van der Waals surface area contributed by atoms with Gasteiger partial charge >= 0.3 is 0 Å². The summed E-state index contributed by atoms with van der Waals surface area (Å²) in [5.41, 5.74) is 0. The summed E-state index contributed by atoms with van der Waals surface area (Å²) in [5, 5.41) is 0.199. The van der Waals surface area contributed by atoms with Gasteiger partial charge in [-0.1, -0.05) is 12.2 Å². The van der Waals surface area contributed by atoms with Crippen molar-refractivity contribution < 1.29 is 0 Å². The molecule has 0 bridgehead atoms. The molecule has 0 rings (SSSR count). The first-order valence-corrected chi connectivity index (χ1v) is 3.10. The number of hydrogen-bond acceptors (Lipinski definition) is 0. The molecule has 0 aromatic rings. The molecule has 0 atom stereocenters. The number of halogens is 1. The van der Waals surface area contributed by atoms with Gasteiger partial charge in [0.2, 0.25) is 0 Å². The molecule has 0 N–H and O–H groups in total. The zero-order valence-corrected chi connectivity index (χ0v) is 5.69. The Morgan fingerprint density at radius 1 is 1.25 bits per heavy atom. The van der Waals surface area contributed by atoms with Gasteiger partial charge in [-0.3, -0.25) is 0 Å². The molecule has 0 aromatic heterocycles. The maximum atomic E-state index is 5.74. The van der Waals surface area contributed by atoms with Crippen molar-refractivity contribution in [3.63, 3.8) is 0 Å². The van der Waals surface area contributed by atoms with Crippen LogP contribution in [0.1, 0.15) is 12.8 Å². The number of alkyl halides is 1. The van der Waals surface area contributed by atoms with Gasteiger partial charge < -0.3 is 0 Å². The highest BCUT2D eigenvalue weighted by molar-refractivity contribution is 6.20. The summed E-state index contributed by atoms with van der Waals surface area (Å²) in [6.45, 7) is 7.13. The van der Waals surface area contributed by atoms with Gasteiger partial charge in [0.25, 0.3) is 0 Å². The highest BCUT2D eigenvalue weighted by Gasteiger charge is 1.95. The third-order valence-electron chi connectivity index (χ3n) is 0.845. The molecule has 0 aromatic carbocycles. The van der Waals surface area contributed by atoms with E-state index in [0.717, 1.165) is 12.8 Å². The normalized spacial score (nSPS) is 9.25. The standard InChI is InChI=1S/C7H11Cl/c1-3-5-7(8)6-4-2/h3-4,7H,1-2,5-6H2. The molecule has 0 heterocycles. The van der Waals surface area contributed by atoms with Crippen LogP contribution < -0.4 is 0 Å². The lowest BCUT2D eigenvalue weighted by Gasteiger charge is -1.98. The second-order valence-electron chi connectivity index (χ2n) is 1.65. The van der Waals surface area contributed by atoms with Gasteiger partial charge in [-0.05, 0) is 12.8 Å². The van der Waals surface area contributed by atoms with Crippen LogP contribution in [0.5, 0.6) is 0 Å². The van der Waals surface area contributed by atoms with Gasteiger partial charge in [-0.2, -0.15) is 0 Å². The van der Waals surface area contributed by atoms with Gasteiger partial charge in [-0.25, -0.2) is 0 Å². The fraction of sp³-hybridized carbons (Fsp3) is 0.429. The Bertz CT molecular complexity index is 66.5. The highest BCUT2D eigenvalue weighted by atomic mass is 35.5. The van der Waals surface area contributed by atoms with E-state index in [1.165, 1.54) is 0 Å². The Kier molecular flexibility index (Phi) is 4.78. The average Bonchev–Trinajstić information content (AvgIpc) is 1.68. The Balaban J connectivity index is 3.16. The van der Waals surface area contributed by atoms with Crippen LogP contribution in [0.3, 0.4) is 0 Å². The average molecular weight is 131 g/mol. The maximum Gasteiger partial charge on any atom is 0.0404 e. The smallest absolute Gasteiger partial charge is 0.0404 e. The van der Waals surface area contributed by atoms with Crippen molar-refractivity contribution >= 4 is 11.6 Å². The summed E-state index contributed by atoms with van der Waals surface area (Å²) < 4.78 is 0. The molecule has 0 radical (unpaired) electrons. The van der Waals surface area contributed by atoms with Crippen LogP contribution in [-0.4, -0.2) is 5.38 Å². The van der Waals surface area contributed by atoms with Crippen molar-refractivity contribution in [2.45, 2.75) is 18.2 Å². The number of rotatable bonds is 4. The summed E-state index contributed by atoms with van der Waals surface area (Å²) in [5.74, 6) is 0. The van der Waals surface area contributed by atoms with Crippen molar-refractivity contribution in [2.75, 3.05) is 0 Å². The van der Waals surface area contributed by atoms with Crippen LogP contribution in [0.4, 0.5) is 0 Å². The van der Waals surface area contributed by atoms with Gasteiger partial charge in [-0.15, -0.1) is 24.8 Å². The van der Waals surface area contributed by atoms with E-state index in [-0.39, 0.29) is 5.38 Å². The Morgan fingerprint density at radius 3 is 1.88 bits per heavy atom. The van der Waals surface area contributed by atoms with Gasteiger partial charge in [0, 0.05) is 5.38 Å². The third kappa shape index (κ3) is 3.94. The molecular formula is C7H11Cl. The van der Waals surface area contributed by atoms with Crippen molar-refractivity contribution in [1.82, 2.24) is 0 Å². The van der Waals surface area contributed by atoms with Gasteiger partial charge in [0.1, 0.15) is 0 Å². The minimum Gasteiger partial charge on any atom is -0.122 e. The van der Waals surface area contributed by atoms with E-state index in [9.17, 15) is 0 Å². The molecule has 0 spiro atoms. The summed E-state index contributed by atoms with van der Waals surface area (Å²) >= 11 is 5.74. The lowest BCUT2D eigenvalue weighted by Crippen LogP contribution is -1.91. The topological polar surface area (TPSA) is 0 Å². The van der Waals surface area contributed by atoms with Crippen LogP contribution in [-0.2, 0) is 0 Å². The molecule has 46 valence electrons. The first-order valence-electron chi connectivity index (χ1n) is 2.67. The SMILES string of the molecule is C=CCC(Cl)CC=C. The predicted molar refractivity (Wildman–Crippen MR) is 39.3 cm³/mol. The summed E-state index contributed by atoms with van der Waals surface area (Å²) in [4.78, 5) is 0. The number of hydrogen-bond donors (Lipinski definition) is 0. The van der Waals surface area contributed by atoms with E-state index in [1.807, 2.05) is 12.2 Å². The van der Waals surface area contributed by atoms with Crippen LogP contribution in [0.15, 0.2) is 25.3 Å². The first-order chi connectivity index (χ1) is 3.81. The lowest BCUT2D eigenvalue weighted by atomic mass is 10.2. The number of allylic oxidation sites excluding steroid dienone is 2. The molecule has 0 unspecified atom stereocenters. The molecular weight excluding hydrogens is 120 g/mol. The first kappa shape index (κ1) is 7.77. The predicted octanol–water partition coefficient (Wildman–Crippen LogP) is 2.75. The Labute approximate surface area is 55.9 Å². The second-order valence-corrected chi connectivity index (χ2v) is 2.26. The largest absolute Gasteiger partial charge is 0.122 e. The Morgan fingerprint density at radius 2 is 1.62 bits per heavy atom. The molecule has 0 amide bonds. The van der Waals surface area contributed by atoms with Crippen molar-refractivity contribution in [1.29, 1.82) is 0 Å².